The number of hydrogen-bond donors (Lipinski definition) is 0. The summed E-state index contributed by atoms with van der Waals surface area (Å²) in [6.45, 7) is 3.22. The Bertz CT molecular complexity index is 486. The van der Waals surface area contributed by atoms with Crippen LogP contribution in [0.5, 0.6) is 11.5 Å². The Morgan fingerprint density at radius 3 is 1.88 bits per heavy atom. The number of ether oxygens (including phenoxy) is 1. The third-order valence-electron chi connectivity index (χ3n) is 1.63. The maximum absolute atomic E-state index is 11.1. The first kappa shape index (κ1) is 14.7. The van der Waals surface area contributed by atoms with Crippen molar-refractivity contribution in [2.24, 2.45) is 0 Å². The fourth-order valence-electron chi connectivity index (χ4n) is 0.894. The summed E-state index contributed by atoms with van der Waals surface area (Å²) in [5, 5.41) is -0.412. The van der Waals surface area contributed by atoms with Gasteiger partial charge in [0.2, 0.25) is 5.75 Å². The largest absolute Gasteiger partial charge is 0.418 e. The molecule has 3 nitrogen and oxygen atoms in total. The van der Waals surface area contributed by atoms with Crippen molar-refractivity contribution in [2.75, 3.05) is 0 Å². The molecule has 0 N–H and O–H groups in total. The molecule has 0 bridgehead atoms. The number of carbonyl (C=O) groups excluding carboxylic acids is 1. The molecule has 0 radical (unpaired) electrons. The lowest BCUT2D eigenvalue weighted by Crippen LogP contribution is -2.05. The van der Waals surface area contributed by atoms with Crippen molar-refractivity contribution in [3.8, 4) is 11.5 Å². The van der Waals surface area contributed by atoms with E-state index in [2.05, 4.69) is 10.9 Å². The first-order valence-electron chi connectivity index (χ1n) is 3.92. The predicted octanol–water partition coefficient (Wildman–Crippen LogP) is 4.92. The molecule has 0 aliphatic carbocycles. The Balaban J connectivity index is 3.46. The molecule has 92 valence electrons. The number of halogens is 5. The summed E-state index contributed by atoms with van der Waals surface area (Å²) in [6.07, 6.45) is 0.921. The van der Waals surface area contributed by atoms with Gasteiger partial charge in [-0.3, -0.25) is 0 Å². The van der Waals surface area contributed by atoms with E-state index < -0.39 is 5.97 Å². The SMILES string of the molecule is C=CC(=O)Oc1c(Cl)c(Cl)c(Cl)c(Cl)c1OCl. The summed E-state index contributed by atoms with van der Waals surface area (Å²) in [5.41, 5.74) is 0. The second kappa shape index (κ2) is 6.03. The summed E-state index contributed by atoms with van der Waals surface area (Å²) in [7, 11) is 0. The third-order valence-corrected chi connectivity index (χ3v) is 3.55. The predicted molar refractivity (Wildman–Crippen MR) is 68.8 cm³/mol. The van der Waals surface area contributed by atoms with E-state index >= 15 is 0 Å². The Hall–Kier alpha value is -0.320. The van der Waals surface area contributed by atoms with Gasteiger partial charge in [0, 0.05) is 6.08 Å². The van der Waals surface area contributed by atoms with E-state index in [0.717, 1.165) is 6.08 Å². The summed E-state index contributed by atoms with van der Waals surface area (Å²) in [5.74, 6) is -1.22. The van der Waals surface area contributed by atoms with Crippen LogP contribution in [0.25, 0.3) is 0 Å². The zero-order chi connectivity index (χ0) is 13.2. The zero-order valence-corrected chi connectivity index (χ0v) is 11.7. The molecule has 0 saturated heterocycles. The second-order valence-electron chi connectivity index (χ2n) is 2.62. The van der Waals surface area contributed by atoms with Crippen molar-refractivity contribution in [1.29, 1.82) is 0 Å². The lowest BCUT2D eigenvalue weighted by Gasteiger charge is -2.12. The number of esters is 1. The normalized spacial score (nSPS) is 9.94. The molecule has 17 heavy (non-hydrogen) atoms. The molecule has 0 spiro atoms. The average Bonchev–Trinajstić information content (AvgIpc) is 2.33. The minimum atomic E-state index is -0.781. The first-order valence-corrected chi connectivity index (χ1v) is 5.74. The van der Waals surface area contributed by atoms with Crippen LogP contribution >= 0.6 is 58.3 Å². The van der Waals surface area contributed by atoms with Crippen LogP contribution in [0.2, 0.25) is 20.1 Å². The minimum Gasteiger partial charge on any atom is -0.418 e. The molecule has 1 aromatic rings. The summed E-state index contributed by atoms with van der Waals surface area (Å²) in [6, 6.07) is 0. The van der Waals surface area contributed by atoms with Crippen molar-refractivity contribution in [2.45, 2.75) is 0 Å². The maximum Gasteiger partial charge on any atom is 0.335 e. The zero-order valence-electron chi connectivity index (χ0n) is 7.90. The topological polar surface area (TPSA) is 35.5 Å². The number of hydrogen-bond acceptors (Lipinski definition) is 3. The van der Waals surface area contributed by atoms with Crippen LogP contribution in [-0.2, 0) is 4.79 Å². The second-order valence-corrected chi connectivity index (χ2v) is 4.28. The summed E-state index contributed by atoms with van der Waals surface area (Å²) < 4.78 is 9.25. The molecule has 0 amide bonds. The van der Waals surface area contributed by atoms with Crippen molar-refractivity contribution < 1.29 is 13.8 Å². The van der Waals surface area contributed by atoms with Crippen LogP contribution in [0.1, 0.15) is 0 Å². The highest BCUT2D eigenvalue weighted by atomic mass is 35.5. The molecule has 0 fully saturated rings. The molecule has 0 aliphatic rings. The van der Waals surface area contributed by atoms with E-state index in [-0.39, 0.29) is 31.6 Å². The molecular weight excluding hydrogens is 333 g/mol. The van der Waals surface area contributed by atoms with Gasteiger partial charge in [-0.2, -0.15) is 0 Å². The van der Waals surface area contributed by atoms with Gasteiger partial charge in [0.25, 0.3) is 0 Å². The van der Waals surface area contributed by atoms with Gasteiger partial charge in [0.1, 0.15) is 21.9 Å². The van der Waals surface area contributed by atoms with Gasteiger partial charge < -0.3 is 9.03 Å². The molecular formula is C9H3Cl5O3. The average molecular weight is 336 g/mol. The molecule has 1 rings (SSSR count). The van der Waals surface area contributed by atoms with Crippen LogP contribution in [0, 0.1) is 0 Å². The third kappa shape index (κ3) is 2.92. The summed E-state index contributed by atoms with van der Waals surface area (Å²) in [4.78, 5) is 11.1. The van der Waals surface area contributed by atoms with Crippen LogP contribution in [-0.4, -0.2) is 5.97 Å². The Kier molecular flexibility index (Phi) is 5.22. The Morgan fingerprint density at radius 1 is 1.00 bits per heavy atom. The lowest BCUT2D eigenvalue weighted by molar-refractivity contribution is -0.129. The standard InChI is InChI=1S/C9H3Cl5O3/c1-2-3(15)16-8-6(12)4(10)5(11)7(13)9(8)17-14/h2H,1H2. The minimum absolute atomic E-state index is 0.0626. The molecule has 0 aromatic heterocycles. The van der Waals surface area contributed by atoms with E-state index in [4.69, 9.17) is 63.0 Å². The number of benzene rings is 1. The fourth-order valence-corrected chi connectivity index (χ4v) is 1.98. The van der Waals surface area contributed by atoms with Crippen LogP contribution in [0.3, 0.4) is 0 Å². The van der Waals surface area contributed by atoms with E-state index in [9.17, 15) is 4.79 Å². The van der Waals surface area contributed by atoms with Gasteiger partial charge in [-0.05, 0) is 0 Å². The van der Waals surface area contributed by atoms with Crippen molar-refractivity contribution in [3.63, 3.8) is 0 Å². The fraction of sp³-hybridized carbons (Fsp3) is 0. The molecule has 0 atom stereocenters. The molecule has 0 aliphatic heterocycles. The van der Waals surface area contributed by atoms with Gasteiger partial charge in [-0.1, -0.05) is 53.0 Å². The monoisotopic (exact) mass is 334 g/mol. The lowest BCUT2D eigenvalue weighted by atomic mass is 10.3. The highest BCUT2D eigenvalue weighted by molar-refractivity contribution is 6.53. The smallest absolute Gasteiger partial charge is 0.335 e. The highest BCUT2D eigenvalue weighted by Gasteiger charge is 2.24. The maximum atomic E-state index is 11.1. The van der Waals surface area contributed by atoms with Gasteiger partial charge in [0.05, 0.1) is 10.0 Å². The van der Waals surface area contributed by atoms with Crippen LogP contribution in [0.4, 0.5) is 0 Å². The number of rotatable bonds is 3. The molecule has 0 unspecified atom stereocenters. The van der Waals surface area contributed by atoms with Crippen molar-refractivity contribution in [1.82, 2.24) is 0 Å². The van der Waals surface area contributed by atoms with Crippen molar-refractivity contribution in [3.05, 3.63) is 32.7 Å². The van der Waals surface area contributed by atoms with Gasteiger partial charge in [0.15, 0.2) is 5.75 Å². The highest BCUT2D eigenvalue weighted by Crippen LogP contribution is 2.50. The first-order chi connectivity index (χ1) is 7.93. The van der Waals surface area contributed by atoms with E-state index in [1.807, 2.05) is 0 Å². The van der Waals surface area contributed by atoms with E-state index in [1.165, 1.54) is 0 Å². The van der Waals surface area contributed by atoms with Gasteiger partial charge in [-0.25, -0.2) is 4.79 Å². The number of carbonyl (C=O) groups is 1. The van der Waals surface area contributed by atoms with Crippen molar-refractivity contribution >= 4 is 64.2 Å². The van der Waals surface area contributed by atoms with Gasteiger partial charge >= 0.3 is 5.97 Å². The van der Waals surface area contributed by atoms with E-state index in [1.54, 1.807) is 0 Å². The van der Waals surface area contributed by atoms with Crippen LogP contribution in [0.15, 0.2) is 12.7 Å². The molecule has 8 heteroatoms. The summed E-state index contributed by atoms with van der Waals surface area (Å²) >= 11 is 28.4. The van der Waals surface area contributed by atoms with Crippen LogP contribution < -0.4 is 9.03 Å². The molecule has 0 heterocycles. The quantitative estimate of drug-likeness (QED) is 0.258. The molecule has 1 aromatic carbocycles. The van der Waals surface area contributed by atoms with E-state index in [0.29, 0.717) is 0 Å². The Morgan fingerprint density at radius 2 is 1.47 bits per heavy atom. The Labute approximate surface area is 122 Å². The van der Waals surface area contributed by atoms with Gasteiger partial charge in [-0.15, -0.1) is 0 Å². The molecule has 0 saturated carbocycles.